The fraction of sp³-hybridized carbons (Fsp3) is 0.263. The van der Waals surface area contributed by atoms with Gasteiger partial charge in [0.1, 0.15) is 0 Å². The molecule has 0 heterocycles. The van der Waals surface area contributed by atoms with Crippen molar-refractivity contribution in [3.63, 3.8) is 0 Å². The Bertz CT molecular complexity index is 650. The van der Waals surface area contributed by atoms with Crippen LogP contribution in [0.4, 0.5) is 0 Å². The maximum absolute atomic E-state index is 12.0. The van der Waals surface area contributed by atoms with E-state index in [1.807, 2.05) is 49.4 Å². The lowest BCUT2D eigenvalue weighted by Crippen LogP contribution is -2.24. The zero-order chi connectivity index (χ0) is 16.7. The Hall–Kier alpha value is -2.62. The van der Waals surface area contributed by atoms with Gasteiger partial charge in [-0.2, -0.15) is 0 Å². The molecule has 0 bridgehead atoms. The maximum Gasteiger partial charge on any atom is 0.337 e. The summed E-state index contributed by atoms with van der Waals surface area (Å²) in [6, 6.07) is 17.0. The first-order valence-electron chi connectivity index (χ1n) is 7.59. The molecule has 2 aromatic carbocycles. The number of carbonyl (C=O) groups is 2. The van der Waals surface area contributed by atoms with Crippen molar-refractivity contribution in [3.8, 4) is 0 Å². The van der Waals surface area contributed by atoms with Crippen molar-refractivity contribution in [1.29, 1.82) is 0 Å². The second-order valence-corrected chi connectivity index (χ2v) is 5.48. The summed E-state index contributed by atoms with van der Waals surface area (Å²) < 4.78 is 4.65. The number of methoxy groups -OCH3 is 1. The predicted molar refractivity (Wildman–Crippen MR) is 89.1 cm³/mol. The van der Waals surface area contributed by atoms with Crippen LogP contribution < -0.4 is 5.32 Å². The standard InChI is InChI=1S/C19H21NO3/c1-14(16-6-4-3-5-7-16)12-18(21)20-13-15-8-10-17(11-9-15)19(22)23-2/h3-11,14H,12-13H2,1-2H3,(H,20,21). The Morgan fingerprint density at radius 3 is 2.30 bits per heavy atom. The average Bonchev–Trinajstić information content (AvgIpc) is 2.60. The number of amides is 1. The van der Waals surface area contributed by atoms with Gasteiger partial charge >= 0.3 is 5.97 Å². The molecule has 0 spiro atoms. The molecule has 0 aromatic heterocycles. The van der Waals surface area contributed by atoms with Crippen molar-refractivity contribution < 1.29 is 14.3 Å². The van der Waals surface area contributed by atoms with Gasteiger partial charge in [-0.25, -0.2) is 4.79 Å². The normalized spacial score (nSPS) is 11.6. The van der Waals surface area contributed by atoms with Crippen LogP contribution in [-0.4, -0.2) is 19.0 Å². The summed E-state index contributed by atoms with van der Waals surface area (Å²) >= 11 is 0. The van der Waals surface area contributed by atoms with Crippen LogP contribution in [0.1, 0.15) is 40.7 Å². The van der Waals surface area contributed by atoms with E-state index in [0.717, 1.165) is 11.1 Å². The highest BCUT2D eigenvalue weighted by Crippen LogP contribution is 2.18. The van der Waals surface area contributed by atoms with Gasteiger partial charge in [-0.1, -0.05) is 49.4 Å². The van der Waals surface area contributed by atoms with Crippen LogP contribution in [0.5, 0.6) is 0 Å². The zero-order valence-electron chi connectivity index (χ0n) is 13.4. The average molecular weight is 311 g/mol. The number of benzene rings is 2. The summed E-state index contributed by atoms with van der Waals surface area (Å²) in [5, 5.41) is 2.91. The fourth-order valence-electron chi connectivity index (χ4n) is 2.33. The Morgan fingerprint density at radius 1 is 1.04 bits per heavy atom. The molecule has 1 amide bonds. The molecular weight excluding hydrogens is 290 g/mol. The fourth-order valence-corrected chi connectivity index (χ4v) is 2.33. The largest absolute Gasteiger partial charge is 0.465 e. The summed E-state index contributed by atoms with van der Waals surface area (Å²) in [5.41, 5.74) is 2.60. The van der Waals surface area contributed by atoms with Gasteiger partial charge in [-0.3, -0.25) is 4.79 Å². The highest BCUT2D eigenvalue weighted by atomic mass is 16.5. The molecule has 1 N–H and O–H groups in total. The van der Waals surface area contributed by atoms with Gasteiger partial charge in [0.15, 0.2) is 0 Å². The van der Waals surface area contributed by atoms with E-state index in [1.54, 1.807) is 12.1 Å². The van der Waals surface area contributed by atoms with Crippen molar-refractivity contribution in [2.45, 2.75) is 25.8 Å². The zero-order valence-corrected chi connectivity index (χ0v) is 13.4. The monoisotopic (exact) mass is 311 g/mol. The molecule has 0 aliphatic carbocycles. The minimum atomic E-state index is -0.364. The van der Waals surface area contributed by atoms with E-state index in [9.17, 15) is 9.59 Å². The number of nitrogens with one attached hydrogen (secondary N) is 1. The van der Waals surface area contributed by atoms with Gasteiger partial charge in [0.05, 0.1) is 12.7 Å². The van der Waals surface area contributed by atoms with E-state index in [-0.39, 0.29) is 17.8 Å². The van der Waals surface area contributed by atoms with Crippen LogP contribution in [0, 0.1) is 0 Å². The van der Waals surface area contributed by atoms with E-state index in [0.29, 0.717) is 18.5 Å². The molecule has 0 aliphatic heterocycles. The molecule has 0 radical (unpaired) electrons. The number of rotatable bonds is 6. The Labute approximate surface area is 136 Å². The Balaban J connectivity index is 1.83. The summed E-state index contributed by atoms with van der Waals surface area (Å²) in [7, 11) is 1.35. The third kappa shape index (κ3) is 4.95. The van der Waals surface area contributed by atoms with E-state index in [1.165, 1.54) is 7.11 Å². The third-order valence-corrected chi connectivity index (χ3v) is 3.72. The Kier molecular flexibility index (Phi) is 5.92. The number of carbonyl (C=O) groups excluding carboxylic acids is 2. The van der Waals surface area contributed by atoms with Crippen LogP contribution in [0.3, 0.4) is 0 Å². The molecule has 120 valence electrons. The minimum Gasteiger partial charge on any atom is -0.465 e. The van der Waals surface area contributed by atoms with Crippen molar-refractivity contribution in [2.75, 3.05) is 7.11 Å². The first-order chi connectivity index (χ1) is 11.1. The molecular formula is C19H21NO3. The van der Waals surface area contributed by atoms with Gasteiger partial charge < -0.3 is 10.1 Å². The van der Waals surface area contributed by atoms with Crippen LogP contribution >= 0.6 is 0 Å². The lowest BCUT2D eigenvalue weighted by atomic mass is 9.97. The lowest BCUT2D eigenvalue weighted by Gasteiger charge is -2.12. The molecule has 1 unspecified atom stereocenters. The smallest absolute Gasteiger partial charge is 0.337 e. The van der Waals surface area contributed by atoms with Crippen molar-refractivity contribution in [1.82, 2.24) is 5.32 Å². The van der Waals surface area contributed by atoms with Gasteiger partial charge in [0.2, 0.25) is 5.91 Å². The molecule has 4 heteroatoms. The second-order valence-electron chi connectivity index (χ2n) is 5.48. The first kappa shape index (κ1) is 16.7. The number of esters is 1. The molecule has 0 saturated heterocycles. The SMILES string of the molecule is COC(=O)c1ccc(CNC(=O)CC(C)c2ccccc2)cc1. The quantitative estimate of drug-likeness (QED) is 0.833. The molecule has 0 aliphatic rings. The highest BCUT2D eigenvalue weighted by Gasteiger charge is 2.11. The molecule has 1 atom stereocenters. The van der Waals surface area contributed by atoms with Crippen molar-refractivity contribution >= 4 is 11.9 Å². The van der Waals surface area contributed by atoms with Crippen LogP contribution in [0.25, 0.3) is 0 Å². The van der Waals surface area contributed by atoms with Crippen molar-refractivity contribution in [2.24, 2.45) is 0 Å². The molecule has 0 fully saturated rings. The van der Waals surface area contributed by atoms with E-state index in [4.69, 9.17) is 0 Å². The summed E-state index contributed by atoms with van der Waals surface area (Å²) in [4.78, 5) is 23.4. The third-order valence-electron chi connectivity index (χ3n) is 3.72. The van der Waals surface area contributed by atoms with Gasteiger partial charge in [-0.15, -0.1) is 0 Å². The van der Waals surface area contributed by atoms with Gasteiger partial charge in [0, 0.05) is 13.0 Å². The van der Waals surface area contributed by atoms with Gasteiger partial charge in [0.25, 0.3) is 0 Å². The summed E-state index contributed by atoms with van der Waals surface area (Å²) in [5.74, 6) is -0.173. The van der Waals surface area contributed by atoms with Gasteiger partial charge in [-0.05, 0) is 29.2 Å². The summed E-state index contributed by atoms with van der Waals surface area (Å²) in [6.07, 6.45) is 0.449. The Morgan fingerprint density at radius 2 is 1.70 bits per heavy atom. The van der Waals surface area contributed by atoms with E-state index in [2.05, 4.69) is 10.1 Å². The van der Waals surface area contributed by atoms with Crippen LogP contribution in [0.15, 0.2) is 54.6 Å². The van der Waals surface area contributed by atoms with E-state index < -0.39 is 0 Å². The molecule has 2 rings (SSSR count). The highest BCUT2D eigenvalue weighted by molar-refractivity contribution is 5.89. The first-order valence-corrected chi connectivity index (χ1v) is 7.59. The molecule has 0 saturated carbocycles. The second kappa shape index (κ2) is 8.13. The lowest BCUT2D eigenvalue weighted by molar-refractivity contribution is -0.121. The molecule has 4 nitrogen and oxygen atoms in total. The molecule has 2 aromatic rings. The van der Waals surface area contributed by atoms with E-state index >= 15 is 0 Å². The predicted octanol–water partition coefficient (Wildman–Crippen LogP) is 3.28. The maximum atomic E-state index is 12.0. The van der Waals surface area contributed by atoms with Crippen LogP contribution in [-0.2, 0) is 16.1 Å². The van der Waals surface area contributed by atoms with Crippen molar-refractivity contribution in [3.05, 3.63) is 71.3 Å². The number of hydrogen-bond acceptors (Lipinski definition) is 3. The van der Waals surface area contributed by atoms with Crippen LogP contribution in [0.2, 0.25) is 0 Å². The summed E-state index contributed by atoms with van der Waals surface area (Å²) in [6.45, 7) is 2.49. The topological polar surface area (TPSA) is 55.4 Å². The molecule has 23 heavy (non-hydrogen) atoms. The number of ether oxygens (including phenoxy) is 1. The minimum absolute atomic E-state index is 0.0124. The number of hydrogen-bond donors (Lipinski definition) is 1.